The Morgan fingerprint density at radius 1 is 1.32 bits per heavy atom. The summed E-state index contributed by atoms with van der Waals surface area (Å²) < 4.78 is 10.0. The lowest BCUT2D eigenvalue weighted by Gasteiger charge is -2.21. The van der Waals surface area contributed by atoms with Gasteiger partial charge in [0, 0.05) is 5.02 Å². The number of hydrogen-bond acceptors (Lipinski definition) is 4. The number of carbonyl (C=O) groups excluding carboxylic acids is 2. The standard InChI is InChI=1S/C15H19Cl2NO4/c1-4-9(2)14(15(20)21-3)18-13(19)8-22-12-6-5-10(16)7-11(12)17/h5-7,9,14H,4,8H2,1-3H3,(H,18,19)/t9-,14-/m1/s1. The molecule has 0 aliphatic rings. The van der Waals surface area contributed by atoms with E-state index in [4.69, 9.17) is 32.7 Å². The molecule has 1 aromatic carbocycles. The minimum Gasteiger partial charge on any atom is -0.482 e. The summed E-state index contributed by atoms with van der Waals surface area (Å²) >= 11 is 11.7. The maximum absolute atomic E-state index is 11.9. The molecule has 22 heavy (non-hydrogen) atoms. The van der Waals surface area contributed by atoms with Crippen LogP contribution in [-0.4, -0.2) is 31.6 Å². The fraction of sp³-hybridized carbons (Fsp3) is 0.467. The second-order valence-electron chi connectivity index (χ2n) is 4.82. The average Bonchev–Trinajstić information content (AvgIpc) is 2.50. The van der Waals surface area contributed by atoms with Gasteiger partial charge in [-0.2, -0.15) is 0 Å². The number of rotatable bonds is 7. The number of esters is 1. The van der Waals surface area contributed by atoms with Crippen molar-refractivity contribution in [1.82, 2.24) is 5.32 Å². The Hall–Kier alpha value is -1.46. The van der Waals surface area contributed by atoms with E-state index < -0.39 is 17.9 Å². The van der Waals surface area contributed by atoms with Crippen molar-refractivity contribution in [3.05, 3.63) is 28.2 Å². The molecule has 5 nitrogen and oxygen atoms in total. The van der Waals surface area contributed by atoms with E-state index in [0.717, 1.165) is 6.42 Å². The predicted octanol–water partition coefficient (Wildman–Crippen LogP) is 3.08. The van der Waals surface area contributed by atoms with Crippen molar-refractivity contribution in [3.8, 4) is 5.75 Å². The highest BCUT2D eigenvalue weighted by atomic mass is 35.5. The molecule has 0 spiro atoms. The van der Waals surface area contributed by atoms with Gasteiger partial charge < -0.3 is 14.8 Å². The number of hydrogen-bond donors (Lipinski definition) is 1. The van der Waals surface area contributed by atoms with Gasteiger partial charge in [0.2, 0.25) is 0 Å². The van der Waals surface area contributed by atoms with Gasteiger partial charge in [-0.25, -0.2) is 4.79 Å². The molecule has 122 valence electrons. The zero-order chi connectivity index (χ0) is 16.7. The summed E-state index contributed by atoms with van der Waals surface area (Å²) in [7, 11) is 1.29. The Morgan fingerprint density at radius 3 is 2.55 bits per heavy atom. The first-order chi connectivity index (χ1) is 10.4. The lowest BCUT2D eigenvalue weighted by molar-refractivity contribution is -0.146. The number of ether oxygens (including phenoxy) is 2. The monoisotopic (exact) mass is 347 g/mol. The van der Waals surface area contributed by atoms with Crippen molar-refractivity contribution < 1.29 is 19.1 Å². The van der Waals surface area contributed by atoms with E-state index in [1.54, 1.807) is 12.1 Å². The summed E-state index contributed by atoms with van der Waals surface area (Å²) in [5, 5.41) is 3.40. The summed E-state index contributed by atoms with van der Waals surface area (Å²) in [6.45, 7) is 3.53. The van der Waals surface area contributed by atoms with E-state index in [1.807, 2.05) is 13.8 Å². The predicted molar refractivity (Wildman–Crippen MR) is 85.4 cm³/mol. The summed E-state index contributed by atoms with van der Waals surface area (Å²) in [6.07, 6.45) is 0.726. The molecular weight excluding hydrogens is 329 g/mol. The molecule has 0 unspecified atom stereocenters. The van der Waals surface area contributed by atoms with Crippen molar-refractivity contribution in [3.63, 3.8) is 0 Å². The number of halogens is 2. The van der Waals surface area contributed by atoms with Crippen molar-refractivity contribution in [1.29, 1.82) is 0 Å². The van der Waals surface area contributed by atoms with Crippen LogP contribution >= 0.6 is 23.2 Å². The first kappa shape index (κ1) is 18.6. The molecule has 0 saturated carbocycles. The minimum atomic E-state index is -0.702. The molecule has 1 amide bonds. The van der Waals surface area contributed by atoms with Gasteiger partial charge in [0.15, 0.2) is 6.61 Å². The van der Waals surface area contributed by atoms with Gasteiger partial charge in [-0.3, -0.25) is 4.79 Å². The van der Waals surface area contributed by atoms with E-state index in [9.17, 15) is 9.59 Å². The maximum atomic E-state index is 11.9. The van der Waals surface area contributed by atoms with Crippen LogP contribution in [-0.2, 0) is 14.3 Å². The maximum Gasteiger partial charge on any atom is 0.328 e. The fourth-order valence-electron chi connectivity index (χ4n) is 1.75. The Balaban J connectivity index is 2.62. The lowest BCUT2D eigenvalue weighted by atomic mass is 9.99. The number of benzene rings is 1. The second-order valence-corrected chi connectivity index (χ2v) is 5.66. The van der Waals surface area contributed by atoms with Crippen LogP contribution in [0, 0.1) is 5.92 Å². The van der Waals surface area contributed by atoms with E-state index in [1.165, 1.54) is 13.2 Å². The van der Waals surface area contributed by atoms with Crippen LogP contribution < -0.4 is 10.1 Å². The first-order valence-corrected chi connectivity index (χ1v) is 7.59. The van der Waals surface area contributed by atoms with Gasteiger partial charge in [0.1, 0.15) is 11.8 Å². The third kappa shape index (κ3) is 5.39. The SMILES string of the molecule is CC[C@@H](C)[C@@H](NC(=O)COc1ccc(Cl)cc1Cl)C(=O)OC. The van der Waals surface area contributed by atoms with Crippen molar-refractivity contribution in [2.24, 2.45) is 5.92 Å². The van der Waals surface area contributed by atoms with E-state index in [-0.39, 0.29) is 12.5 Å². The van der Waals surface area contributed by atoms with Crippen LogP contribution in [0.4, 0.5) is 0 Å². The van der Waals surface area contributed by atoms with Crippen LogP contribution in [0.3, 0.4) is 0 Å². The van der Waals surface area contributed by atoms with Crippen LogP contribution in [0.5, 0.6) is 5.75 Å². The van der Waals surface area contributed by atoms with Crippen LogP contribution in [0.2, 0.25) is 10.0 Å². The zero-order valence-corrected chi connectivity index (χ0v) is 14.2. The highest BCUT2D eigenvalue weighted by Crippen LogP contribution is 2.27. The molecule has 0 saturated heterocycles. The van der Waals surface area contributed by atoms with E-state index in [2.05, 4.69) is 5.32 Å². The fourth-order valence-corrected chi connectivity index (χ4v) is 2.21. The quantitative estimate of drug-likeness (QED) is 0.769. The topological polar surface area (TPSA) is 64.6 Å². The lowest BCUT2D eigenvalue weighted by Crippen LogP contribution is -2.47. The molecule has 1 N–H and O–H groups in total. The molecule has 0 fully saturated rings. The third-order valence-electron chi connectivity index (χ3n) is 3.24. The second kappa shape index (κ2) is 8.86. The molecular formula is C15H19Cl2NO4. The van der Waals surface area contributed by atoms with Gasteiger partial charge in [-0.15, -0.1) is 0 Å². The Bertz CT molecular complexity index is 536. The highest BCUT2D eigenvalue weighted by molar-refractivity contribution is 6.35. The average molecular weight is 348 g/mol. The van der Waals surface area contributed by atoms with Gasteiger partial charge in [0.05, 0.1) is 12.1 Å². The van der Waals surface area contributed by atoms with Crippen molar-refractivity contribution in [2.45, 2.75) is 26.3 Å². The van der Waals surface area contributed by atoms with E-state index in [0.29, 0.717) is 15.8 Å². The van der Waals surface area contributed by atoms with Gasteiger partial charge in [-0.1, -0.05) is 43.5 Å². The Morgan fingerprint density at radius 2 is 2.00 bits per heavy atom. The van der Waals surface area contributed by atoms with E-state index >= 15 is 0 Å². The Kier molecular flexibility index (Phi) is 7.48. The highest BCUT2D eigenvalue weighted by Gasteiger charge is 2.26. The van der Waals surface area contributed by atoms with Crippen molar-refractivity contribution in [2.75, 3.05) is 13.7 Å². The number of amides is 1. The third-order valence-corrected chi connectivity index (χ3v) is 3.77. The molecule has 1 aromatic rings. The largest absolute Gasteiger partial charge is 0.482 e. The smallest absolute Gasteiger partial charge is 0.328 e. The van der Waals surface area contributed by atoms with Gasteiger partial charge >= 0.3 is 5.97 Å². The van der Waals surface area contributed by atoms with Crippen LogP contribution in [0.15, 0.2) is 18.2 Å². The summed E-state index contributed by atoms with van der Waals surface area (Å²) in [6, 6.07) is 4.00. The van der Waals surface area contributed by atoms with Gasteiger partial charge in [0.25, 0.3) is 5.91 Å². The minimum absolute atomic E-state index is 0.0458. The number of methoxy groups -OCH3 is 1. The molecule has 7 heteroatoms. The molecule has 0 aromatic heterocycles. The normalized spacial score (nSPS) is 13.1. The number of nitrogens with one attached hydrogen (secondary N) is 1. The summed E-state index contributed by atoms with van der Waals surface area (Å²) in [5.41, 5.74) is 0. The first-order valence-electron chi connectivity index (χ1n) is 6.84. The molecule has 1 rings (SSSR count). The Labute approximate surface area is 139 Å². The molecule has 2 atom stereocenters. The molecule has 0 aliphatic carbocycles. The molecule has 0 heterocycles. The summed E-state index contributed by atoms with van der Waals surface area (Å²) in [5.74, 6) is -0.608. The molecule has 0 bridgehead atoms. The summed E-state index contributed by atoms with van der Waals surface area (Å²) in [4.78, 5) is 23.6. The van der Waals surface area contributed by atoms with Crippen LogP contribution in [0.1, 0.15) is 20.3 Å². The molecule has 0 radical (unpaired) electrons. The zero-order valence-electron chi connectivity index (χ0n) is 12.7. The number of carbonyl (C=O) groups is 2. The van der Waals surface area contributed by atoms with Crippen molar-refractivity contribution >= 4 is 35.1 Å². The van der Waals surface area contributed by atoms with Crippen LogP contribution in [0.25, 0.3) is 0 Å². The van der Waals surface area contributed by atoms with Gasteiger partial charge in [-0.05, 0) is 24.1 Å². The molecule has 0 aliphatic heterocycles.